The van der Waals surface area contributed by atoms with Crippen molar-refractivity contribution in [1.29, 1.82) is 0 Å². The van der Waals surface area contributed by atoms with Gasteiger partial charge in [0.2, 0.25) is 10.6 Å². The van der Waals surface area contributed by atoms with Crippen LogP contribution in [0.5, 0.6) is 0 Å². The minimum Gasteiger partial charge on any atom is -0.198 e. The normalized spacial score (nSPS) is 11.3. The van der Waals surface area contributed by atoms with Gasteiger partial charge in [0.15, 0.2) is 5.82 Å². The molecule has 0 amide bonds. The van der Waals surface area contributed by atoms with E-state index in [9.17, 15) is 0 Å². The monoisotopic (exact) mass is 407 g/mol. The summed E-state index contributed by atoms with van der Waals surface area (Å²) in [5, 5.41) is 2.56. The van der Waals surface area contributed by atoms with E-state index in [-0.39, 0.29) is 10.6 Å². The van der Waals surface area contributed by atoms with Crippen LogP contribution in [-0.2, 0) is 0 Å². The van der Waals surface area contributed by atoms with E-state index in [1.54, 1.807) is 11.3 Å². The summed E-state index contributed by atoms with van der Waals surface area (Å²) < 4.78 is 2.34. The van der Waals surface area contributed by atoms with Crippen molar-refractivity contribution in [2.24, 2.45) is 0 Å². The Morgan fingerprint density at radius 2 is 1.19 bits per heavy atom. The average molecular weight is 408 g/mol. The first kappa shape index (κ1) is 16.6. The average Bonchev–Trinajstić information content (AvgIpc) is 3.07. The third kappa shape index (κ3) is 2.86. The summed E-state index contributed by atoms with van der Waals surface area (Å²) in [6.45, 7) is 0. The summed E-state index contributed by atoms with van der Waals surface area (Å²) in [6, 6.07) is 22.9. The molecular weight excluding hydrogens is 397 g/mol. The van der Waals surface area contributed by atoms with E-state index in [1.165, 1.54) is 21.2 Å². The van der Waals surface area contributed by atoms with Gasteiger partial charge in [-0.2, -0.15) is 15.0 Å². The molecule has 5 rings (SSSR count). The molecule has 2 aromatic heterocycles. The Morgan fingerprint density at radius 1 is 0.593 bits per heavy atom. The molecule has 27 heavy (non-hydrogen) atoms. The van der Waals surface area contributed by atoms with Gasteiger partial charge in [0.25, 0.3) is 0 Å². The number of fused-ring (bicyclic) bond motifs is 3. The van der Waals surface area contributed by atoms with E-state index in [1.807, 2.05) is 18.2 Å². The predicted octanol–water partition coefficient (Wildman–Crippen LogP) is 6.88. The third-order valence-corrected chi connectivity index (χ3v) is 6.06. The van der Waals surface area contributed by atoms with E-state index in [0.717, 1.165) is 15.6 Å². The fraction of sp³-hybridized carbons (Fsp3) is 0. The Labute approximate surface area is 169 Å². The molecule has 0 atom stereocenters. The van der Waals surface area contributed by atoms with E-state index < -0.39 is 0 Å². The number of hydrogen-bond donors (Lipinski definition) is 0. The molecule has 6 heteroatoms. The van der Waals surface area contributed by atoms with Gasteiger partial charge < -0.3 is 0 Å². The largest absolute Gasteiger partial charge is 0.227 e. The molecule has 3 nitrogen and oxygen atoms in total. The molecule has 0 N–H and O–H groups in total. The maximum atomic E-state index is 5.99. The van der Waals surface area contributed by atoms with E-state index in [2.05, 4.69) is 63.5 Å². The van der Waals surface area contributed by atoms with Gasteiger partial charge in [-0.15, -0.1) is 11.3 Å². The molecule has 0 aliphatic rings. The summed E-state index contributed by atoms with van der Waals surface area (Å²) >= 11 is 13.7. The van der Waals surface area contributed by atoms with Gasteiger partial charge in [0.1, 0.15) is 0 Å². The number of halogens is 2. The predicted molar refractivity (Wildman–Crippen MR) is 114 cm³/mol. The van der Waals surface area contributed by atoms with Crippen molar-refractivity contribution in [3.8, 4) is 22.5 Å². The second-order valence-electron chi connectivity index (χ2n) is 6.03. The number of rotatable bonds is 2. The number of nitrogens with zero attached hydrogens (tertiary/aromatic N) is 3. The summed E-state index contributed by atoms with van der Waals surface area (Å²) in [5.41, 5.74) is 3.31. The maximum absolute atomic E-state index is 5.99. The highest BCUT2D eigenvalue weighted by atomic mass is 35.5. The Kier molecular flexibility index (Phi) is 4.05. The van der Waals surface area contributed by atoms with Crippen LogP contribution in [0.2, 0.25) is 10.6 Å². The Bertz CT molecular complexity index is 1280. The first-order chi connectivity index (χ1) is 13.2. The lowest BCUT2D eigenvalue weighted by Gasteiger charge is -2.02. The highest BCUT2D eigenvalue weighted by Crippen LogP contribution is 2.43. The van der Waals surface area contributed by atoms with Crippen LogP contribution in [-0.4, -0.2) is 15.0 Å². The van der Waals surface area contributed by atoms with Crippen LogP contribution in [0.4, 0.5) is 0 Å². The number of thiophene rings is 1. The van der Waals surface area contributed by atoms with Crippen LogP contribution in [0.15, 0.2) is 66.7 Å². The lowest BCUT2D eigenvalue weighted by Crippen LogP contribution is -1.93. The molecule has 0 fully saturated rings. The summed E-state index contributed by atoms with van der Waals surface area (Å²) in [6.07, 6.45) is 0. The summed E-state index contributed by atoms with van der Waals surface area (Å²) in [4.78, 5) is 12.4. The van der Waals surface area contributed by atoms with E-state index in [4.69, 9.17) is 23.2 Å². The van der Waals surface area contributed by atoms with Gasteiger partial charge in [0.05, 0.1) is 0 Å². The van der Waals surface area contributed by atoms with Crippen molar-refractivity contribution < 1.29 is 0 Å². The lowest BCUT2D eigenvalue weighted by molar-refractivity contribution is 1.06. The van der Waals surface area contributed by atoms with Crippen molar-refractivity contribution in [3.63, 3.8) is 0 Å². The van der Waals surface area contributed by atoms with Crippen LogP contribution in [0, 0.1) is 0 Å². The molecule has 0 aliphatic carbocycles. The standard InChI is InChI=1S/C21H11Cl2N3S/c22-20-24-19(25-21(23)26-20)16-11-5-10-15-14-9-4-8-13(17(14)27-18(15)16)12-6-2-1-3-7-12/h1-11H. The van der Waals surface area contributed by atoms with Crippen molar-refractivity contribution in [1.82, 2.24) is 15.0 Å². The highest BCUT2D eigenvalue weighted by molar-refractivity contribution is 7.26. The third-order valence-electron chi connectivity index (χ3n) is 4.43. The first-order valence-corrected chi connectivity index (χ1v) is 9.85. The van der Waals surface area contributed by atoms with Crippen molar-refractivity contribution in [2.75, 3.05) is 0 Å². The molecule has 0 saturated heterocycles. The Balaban J connectivity index is 1.83. The molecule has 5 aromatic rings. The SMILES string of the molecule is Clc1nc(Cl)nc(-c2cccc3c2sc2c(-c4ccccc4)cccc23)n1. The molecule has 3 aromatic carbocycles. The van der Waals surface area contributed by atoms with Gasteiger partial charge in [-0.25, -0.2) is 0 Å². The number of aromatic nitrogens is 3. The second kappa shape index (κ2) is 6.57. The maximum Gasteiger partial charge on any atom is 0.227 e. The molecular formula is C21H11Cl2N3S. The minimum absolute atomic E-state index is 0.0908. The zero-order chi connectivity index (χ0) is 18.4. The smallest absolute Gasteiger partial charge is 0.198 e. The van der Waals surface area contributed by atoms with Gasteiger partial charge in [-0.05, 0) is 40.4 Å². The van der Waals surface area contributed by atoms with E-state index in [0.29, 0.717) is 5.82 Å². The van der Waals surface area contributed by atoms with Crippen LogP contribution in [0.1, 0.15) is 0 Å². The molecule has 0 spiro atoms. The van der Waals surface area contributed by atoms with Crippen molar-refractivity contribution in [3.05, 3.63) is 77.3 Å². The molecule has 130 valence electrons. The molecule has 0 saturated carbocycles. The molecule has 0 unspecified atom stereocenters. The minimum atomic E-state index is 0.0908. The van der Waals surface area contributed by atoms with Crippen LogP contribution in [0.25, 0.3) is 42.7 Å². The zero-order valence-corrected chi connectivity index (χ0v) is 16.2. The van der Waals surface area contributed by atoms with Crippen molar-refractivity contribution >= 4 is 54.7 Å². The summed E-state index contributed by atoms with van der Waals surface area (Å²) in [7, 11) is 0. The first-order valence-electron chi connectivity index (χ1n) is 8.28. The van der Waals surface area contributed by atoms with Crippen molar-refractivity contribution in [2.45, 2.75) is 0 Å². The Hall–Kier alpha value is -2.53. The second-order valence-corrected chi connectivity index (χ2v) is 7.73. The zero-order valence-electron chi connectivity index (χ0n) is 13.9. The summed E-state index contributed by atoms with van der Waals surface area (Å²) in [5.74, 6) is 0.485. The van der Waals surface area contributed by atoms with Gasteiger partial charge in [0, 0.05) is 25.7 Å². The van der Waals surface area contributed by atoms with Crippen LogP contribution < -0.4 is 0 Å². The van der Waals surface area contributed by atoms with Gasteiger partial charge >= 0.3 is 0 Å². The fourth-order valence-corrected chi connectivity index (χ4v) is 5.00. The number of benzene rings is 3. The number of hydrogen-bond acceptors (Lipinski definition) is 4. The van der Waals surface area contributed by atoms with Gasteiger partial charge in [-0.3, -0.25) is 0 Å². The molecule has 0 bridgehead atoms. The topological polar surface area (TPSA) is 38.7 Å². The van der Waals surface area contributed by atoms with Crippen LogP contribution in [0.3, 0.4) is 0 Å². The van der Waals surface area contributed by atoms with Crippen LogP contribution >= 0.6 is 34.5 Å². The highest BCUT2D eigenvalue weighted by Gasteiger charge is 2.15. The Morgan fingerprint density at radius 3 is 1.85 bits per heavy atom. The lowest BCUT2D eigenvalue weighted by atomic mass is 10.0. The molecule has 2 heterocycles. The fourth-order valence-electron chi connectivity index (χ4n) is 3.29. The molecule has 0 radical (unpaired) electrons. The van der Waals surface area contributed by atoms with E-state index >= 15 is 0 Å². The molecule has 0 aliphatic heterocycles. The van der Waals surface area contributed by atoms with Gasteiger partial charge in [-0.1, -0.05) is 60.7 Å². The quantitative estimate of drug-likeness (QED) is 0.320.